The van der Waals surface area contributed by atoms with E-state index in [0.717, 1.165) is 0 Å². The molecule has 2 aliphatic rings. The van der Waals surface area contributed by atoms with E-state index >= 15 is 0 Å². The first-order valence-electron chi connectivity index (χ1n) is 9.29. The number of benzene rings is 2. The lowest BCUT2D eigenvalue weighted by Crippen LogP contribution is -2.43. The quantitative estimate of drug-likeness (QED) is 0.783. The van der Waals surface area contributed by atoms with E-state index in [1.54, 1.807) is 0 Å². The molecule has 2 aromatic carbocycles. The molecular weight excluding hydrogens is 336 g/mol. The highest BCUT2D eigenvalue weighted by Crippen LogP contribution is 2.48. The van der Waals surface area contributed by atoms with E-state index in [1.165, 1.54) is 16.7 Å². The molecule has 138 valence electrons. The van der Waals surface area contributed by atoms with Crippen molar-refractivity contribution in [3.05, 3.63) is 82.7 Å². The lowest BCUT2D eigenvalue weighted by Gasteiger charge is -2.39. The largest absolute Gasteiger partial charge is 0.458 e. The van der Waals surface area contributed by atoms with Gasteiger partial charge in [-0.15, -0.1) is 0 Å². The first-order valence-corrected chi connectivity index (χ1v) is 9.29. The molecule has 1 fully saturated rings. The van der Waals surface area contributed by atoms with Crippen molar-refractivity contribution in [2.24, 2.45) is 17.6 Å². The van der Waals surface area contributed by atoms with E-state index in [1.807, 2.05) is 18.2 Å². The van der Waals surface area contributed by atoms with Gasteiger partial charge in [0, 0.05) is 11.8 Å². The molecule has 0 saturated carbocycles. The second-order valence-electron chi connectivity index (χ2n) is 7.41. The topological polar surface area (TPSA) is 83.1 Å². The third-order valence-corrected chi connectivity index (χ3v) is 5.80. The summed E-state index contributed by atoms with van der Waals surface area (Å²) >= 11 is 0. The Labute approximate surface area is 159 Å². The summed E-state index contributed by atoms with van der Waals surface area (Å²) < 4.78 is 5.87. The van der Waals surface area contributed by atoms with Crippen molar-refractivity contribution < 1.29 is 4.74 Å². The lowest BCUT2D eigenvalue weighted by atomic mass is 9.70. The first kappa shape index (κ1) is 17.6. The molecule has 0 aromatic heterocycles. The van der Waals surface area contributed by atoms with Crippen LogP contribution in [0.25, 0.3) is 0 Å². The highest BCUT2D eigenvalue weighted by molar-refractivity contribution is 5.37. The van der Waals surface area contributed by atoms with Crippen LogP contribution in [0.3, 0.4) is 0 Å². The van der Waals surface area contributed by atoms with Gasteiger partial charge in [-0.2, -0.15) is 5.26 Å². The number of rotatable bonds is 3. The fraction of sp³-hybridized carbons (Fsp3) is 0.318. The molecule has 0 radical (unpaired) electrons. The molecule has 1 saturated heterocycles. The molecule has 5 atom stereocenters. The molecule has 4 rings (SSSR count). The zero-order valence-corrected chi connectivity index (χ0v) is 15.5. The van der Waals surface area contributed by atoms with Crippen LogP contribution in [-0.2, 0) is 4.74 Å². The van der Waals surface area contributed by atoms with E-state index in [9.17, 15) is 5.26 Å². The van der Waals surface area contributed by atoms with Crippen LogP contribution in [0.1, 0.15) is 35.6 Å². The summed E-state index contributed by atoms with van der Waals surface area (Å²) in [5, 5.41) is 9.83. The molecule has 2 aromatic rings. The van der Waals surface area contributed by atoms with Gasteiger partial charge < -0.3 is 10.5 Å². The highest BCUT2D eigenvalue weighted by Gasteiger charge is 2.50. The van der Waals surface area contributed by atoms with Gasteiger partial charge in [-0.3, -0.25) is 0 Å². The summed E-state index contributed by atoms with van der Waals surface area (Å²) in [5.74, 6) is 0.352. The van der Waals surface area contributed by atoms with Gasteiger partial charge >= 0.3 is 0 Å². The van der Waals surface area contributed by atoms with Crippen LogP contribution in [0.4, 0.5) is 0 Å². The number of aryl methyl sites for hydroxylation is 1. The maximum atomic E-state index is 9.83. The van der Waals surface area contributed by atoms with Crippen LogP contribution in [-0.4, -0.2) is 6.23 Å². The van der Waals surface area contributed by atoms with Crippen LogP contribution in [0.2, 0.25) is 0 Å². The Morgan fingerprint density at radius 1 is 1.07 bits per heavy atom. The minimum atomic E-state index is -0.274. The molecule has 5 heteroatoms. The lowest BCUT2D eigenvalue weighted by molar-refractivity contribution is 0.0150. The van der Waals surface area contributed by atoms with Gasteiger partial charge in [-0.1, -0.05) is 67.1 Å². The van der Waals surface area contributed by atoms with Crippen molar-refractivity contribution in [3.8, 4) is 6.07 Å². The van der Waals surface area contributed by atoms with Crippen molar-refractivity contribution in [2.75, 3.05) is 0 Å². The van der Waals surface area contributed by atoms with Crippen LogP contribution >= 0.6 is 0 Å². The second kappa shape index (κ2) is 7.07. The Balaban J connectivity index is 1.77. The van der Waals surface area contributed by atoms with Crippen LogP contribution in [0, 0.1) is 30.1 Å². The van der Waals surface area contributed by atoms with Crippen molar-refractivity contribution in [1.82, 2.24) is 10.9 Å². The maximum absolute atomic E-state index is 9.83. The molecule has 27 heavy (non-hydrogen) atoms. The van der Waals surface area contributed by atoms with Gasteiger partial charge in [0.2, 0.25) is 0 Å². The number of nitriles is 1. The number of hydrazine groups is 1. The standard InChI is InChI=1S/C22H24N4O/c1-13-8-10-16(11-9-13)20-19-18(14(2)15-6-4-3-5-7-15)17(12-23)21(24)27-22(19)26-25-20/h3-11,14,18-20,22,25-26H,24H2,1-2H3. The normalized spacial score (nSPS) is 28.2. The van der Waals surface area contributed by atoms with E-state index in [-0.39, 0.29) is 35.9 Å². The third-order valence-electron chi connectivity index (χ3n) is 5.80. The number of ether oxygens (including phenoxy) is 1. The molecule has 0 amide bonds. The predicted molar refractivity (Wildman–Crippen MR) is 104 cm³/mol. The minimum absolute atomic E-state index is 0.0308. The summed E-state index contributed by atoms with van der Waals surface area (Å²) in [7, 11) is 0. The zero-order valence-electron chi connectivity index (χ0n) is 15.5. The van der Waals surface area contributed by atoms with Gasteiger partial charge in [0.25, 0.3) is 0 Å². The Hall–Kier alpha value is -2.81. The molecule has 4 N–H and O–H groups in total. The van der Waals surface area contributed by atoms with Crippen molar-refractivity contribution in [3.63, 3.8) is 0 Å². The van der Waals surface area contributed by atoms with Gasteiger partial charge in [0.1, 0.15) is 6.07 Å². The number of hydrogen-bond donors (Lipinski definition) is 3. The number of hydrogen-bond acceptors (Lipinski definition) is 5. The zero-order chi connectivity index (χ0) is 19.0. The molecular formula is C22H24N4O. The summed E-state index contributed by atoms with van der Waals surface area (Å²) in [4.78, 5) is 0. The number of allylic oxidation sites excluding steroid dienone is 1. The van der Waals surface area contributed by atoms with E-state index in [2.05, 4.69) is 67.2 Å². The Morgan fingerprint density at radius 3 is 2.44 bits per heavy atom. The van der Waals surface area contributed by atoms with Gasteiger partial charge in [0.15, 0.2) is 12.1 Å². The molecule has 2 aliphatic heterocycles. The Morgan fingerprint density at radius 2 is 1.78 bits per heavy atom. The summed E-state index contributed by atoms with van der Waals surface area (Å²) in [6, 6.07) is 21.1. The van der Waals surface area contributed by atoms with Gasteiger partial charge in [-0.05, 0) is 24.0 Å². The Bertz CT molecular complexity index is 885. The molecule has 0 spiro atoms. The summed E-state index contributed by atoms with van der Waals surface area (Å²) in [5.41, 5.74) is 16.9. The van der Waals surface area contributed by atoms with E-state index in [0.29, 0.717) is 5.57 Å². The summed E-state index contributed by atoms with van der Waals surface area (Å²) in [6.45, 7) is 4.24. The minimum Gasteiger partial charge on any atom is -0.458 e. The molecule has 0 aliphatic carbocycles. The molecule has 5 nitrogen and oxygen atoms in total. The SMILES string of the molecule is Cc1ccc(C2NNC3OC(N)=C(C#N)C(C(C)c4ccccc4)C32)cc1. The highest BCUT2D eigenvalue weighted by atomic mass is 16.5. The fourth-order valence-corrected chi connectivity index (χ4v) is 4.36. The number of nitrogens with one attached hydrogen (secondary N) is 2. The van der Waals surface area contributed by atoms with Crippen LogP contribution in [0.15, 0.2) is 66.1 Å². The fourth-order valence-electron chi connectivity index (χ4n) is 4.36. The maximum Gasteiger partial charge on any atom is 0.200 e. The number of nitrogens with zero attached hydrogens (tertiary/aromatic N) is 1. The van der Waals surface area contributed by atoms with Crippen LogP contribution in [0.5, 0.6) is 0 Å². The van der Waals surface area contributed by atoms with Gasteiger partial charge in [0.05, 0.1) is 11.6 Å². The smallest absolute Gasteiger partial charge is 0.200 e. The van der Waals surface area contributed by atoms with Crippen LogP contribution < -0.4 is 16.6 Å². The average Bonchev–Trinajstić information content (AvgIpc) is 3.11. The average molecular weight is 360 g/mol. The molecule has 5 unspecified atom stereocenters. The van der Waals surface area contributed by atoms with Crippen molar-refractivity contribution >= 4 is 0 Å². The van der Waals surface area contributed by atoms with Gasteiger partial charge in [-0.25, -0.2) is 10.9 Å². The predicted octanol–water partition coefficient (Wildman–Crippen LogP) is 3.23. The Kier molecular flexibility index (Phi) is 4.61. The van der Waals surface area contributed by atoms with Crippen molar-refractivity contribution in [2.45, 2.75) is 32.0 Å². The monoisotopic (exact) mass is 360 g/mol. The number of nitrogens with two attached hydrogens (primary N) is 1. The van der Waals surface area contributed by atoms with E-state index < -0.39 is 0 Å². The summed E-state index contributed by atoms with van der Waals surface area (Å²) in [6.07, 6.45) is -0.274. The van der Waals surface area contributed by atoms with E-state index in [4.69, 9.17) is 10.5 Å². The third kappa shape index (κ3) is 3.08. The number of fused-ring (bicyclic) bond motifs is 1. The molecule has 0 bridgehead atoms. The second-order valence-corrected chi connectivity index (χ2v) is 7.41. The van der Waals surface area contributed by atoms with Crippen molar-refractivity contribution in [1.29, 1.82) is 5.26 Å². The molecule has 2 heterocycles. The first-order chi connectivity index (χ1) is 13.1.